The van der Waals surface area contributed by atoms with Crippen molar-refractivity contribution in [2.75, 3.05) is 5.32 Å². The van der Waals surface area contributed by atoms with E-state index in [4.69, 9.17) is 5.73 Å². The van der Waals surface area contributed by atoms with Crippen molar-refractivity contribution in [3.8, 4) is 0 Å². The topological polar surface area (TPSA) is 63.8 Å². The molecule has 2 unspecified atom stereocenters. The monoisotopic (exact) mass is 206 g/mol. The van der Waals surface area contributed by atoms with Gasteiger partial charge in [-0.2, -0.15) is 0 Å². The normalized spacial score (nSPS) is 25.5. The van der Waals surface area contributed by atoms with Gasteiger partial charge in [-0.3, -0.25) is 4.98 Å². The maximum absolute atomic E-state index is 6.00. The lowest BCUT2D eigenvalue weighted by Gasteiger charge is -2.18. The SMILES string of the molecule is Cc1cnc(C)c(NC2CCCC2N)n1. The van der Waals surface area contributed by atoms with Crippen LogP contribution in [0.4, 0.5) is 5.82 Å². The Bertz CT molecular complexity index is 350. The van der Waals surface area contributed by atoms with Gasteiger partial charge in [0.05, 0.1) is 11.4 Å². The summed E-state index contributed by atoms with van der Waals surface area (Å²) in [6, 6.07) is 0.617. The number of aryl methyl sites for hydroxylation is 2. The standard InChI is InChI=1S/C11H18N4/c1-7-6-13-8(2)11(14-7)15-10-5-3-4-9(10)12/h6,9-10H,3-5,12H2,1-2H3,(H,14,15). The van der Waals surface area contributed by atoms with Gasteiger partial charge in [-0.15, -0.1) is 0 Å². The van der Waals surface area contributed by atoms with Crippen LogP contribution in [-0.2, 0) is 0 Å². The summed E-state index contributed by atoms with van der Waals surface area (Å²) in [5, 5.41) is 3.40. The molecule has 1 fully saturated rings. The Balaban J connectivity index is 2.12. The number of hydrogen-bond donors (Lipinski definition) is 2. The maximum atomic E-state index is 6.00. The molecular formula is C11H18N4. The van der Waals surface area contributed by atoms with Gasteiger partial charge in [0.2, 0.25) is 0 Å². The van der Waals surface area contributed by atoms with E-state index in [1.807, 2.05) is 13.8 Å². The highest BCUT2D eigenvalue weighted by Crippen LogP contribution is 2.21. The van der Waals surface area contributed by atoms with Crippen molar-refractivity contribution < 1.29 is 0 Å². The van der Waals surface area contributed by atoms with E-state index in [1.165, 1.54) is 6.42 Å². The summed E-state index contributed by atoms with van der Waals surface area (Å²) in [7, 11) is 0. The molecule has 1 aromatic heterocycles. The number of nitrogens with zero attached hydrogens (tertiary/aromatic N) is 2. The van der Waals surface area contributed by atoms with Crippen LogP contribution in [0.15, 0.2) is 6.20 Å². The zero-order chi connectivity index (χ0) is 10.8. The smallest absolute Gasteiger partial charge is 0.148 e. The van der Waals surface area contributed by atoms with E-state index in [2.05, 4.69) is 15.3 Å². The highest BCUT2D eigenvalue weighted by atomic mass is 15.1. The maximum Gasteiger partial charge on any atom is 0.148 e. The van der Waals surface area contributed by atoms with Crippen molar-refractivity contribution in [2.24, 2.45) is 5.73 Å². The minimum atomic E-state index is 0.256. The van der Waals surface area contributed by atoms with Crippen molar-refractivity contribution in [1.29, 1.82) is 0 Å². The molecule has 4 heteroatoms. The molecule has 1 aromatic rings. The van der Waals surface area contributed by atoms with Gasteiger partial charge in [-0.25, -0.2) is 4.98 Å². The number of nitrogens with two attached hydrogens (primary N) is 1. The lowest BCUT2D eigenvalue weighted by molar-refractivity contribution is 0.634. The number of anilines is 1. The van der Waals surface area contributed by atoms with Gasteiger partial charge in [0.25, 0.3) is 0 Å². The molecule has 0 bridgehead atoms. The van der Waals surface area contributed by atoms with E-state index in [0.717, 1.165) is 30.0 Å². The number of rotatable bonds is 2. The molecule has 0 aliphatic heterocycles. The Morgan fingerprint density at radius 2 is 2.20 bits per heavy atom. The van der Waals surface area contributed by atoms with Crippen LogP contribution < -0.4 is 11.1 Å². The molecule has 1 saturated carbocycles. The fourth-order valence-corrected chi connectivity index (χ4v) is 2.02. The molecule has 1 heterocycles. The lowest BCUT2D eigenvalue weighted by Crippen LogP contribution is -2.35. The third-order valence-electron chi connectivity index (χ3n) is 2.97. The predicted octanol–water partition coefficient (Wildman–Crippen LogP) is 1.39. The number of nitrogens with one attached hydrogen (secondary N) is 1. The van der Waals surface area contributed by atoms with E-state index >= 15 is 0 Å². The van der Waals surface area contributed by atoms with E-state index in [9.17, 15) is 0 Å². The Kier molecular flexibility index (Phi) is 2.86. The first-order valence-electron chi connectivity index (χ1n) is 5.49. The lowest BCUT2D eigenvalue weighted by atomic mass is 10.2. The molecule has 0 amide bonds. The van der Waals surface area contributed by atoms with Crippen LogP contribution in [0.25, 0.3) is 0 Å². The summed E-state index contributed by atoms with van der Waals surface area (Å²) in [5.74, 6) is 0.886. The first-order chi connectivity index (χ1) is 7.16. The molecule has 0 spiro atoms. The van der Waals surface area contributed by atoms with Crippen molar-refractivity contribution >= 4 is 5.82 Å². The fraction of sp³-hybridized carbons (Fsp3) is 0.636. The molecule has 82 valence electrons. The second-order valence-corrected chi connectivity index (χ2v) is 4.29. The quantitative estimate of drug-likeness (QED) is 0.767. The average molecular weight is 206 g/mol. The molecule has 15 heavy (non-hydrogen) atoms. The minimum absolute atomic E-state index is 0.256. The van der Waals surface area contributed by atoms with Crippen molar-refractivity contribution in [3.05, 3.63) is 17.6 Å². The first-order valence-corrected chi connectivity index (χ1v) is 5.49. The summed E-state index contributed by atoms with van der Waals surface area (Å²) in [6.45, 7) is 3.92. The highest BCUT2D eigenvalue weighted by Gasteiger charge is 2.24. The van der Waals surface area contributed by atoms with Gasteiger partial charge in [-0.05, 0) is 33.1 Å². The zero-order valence-corrected chi connectivity index (χ0v) is 9.33. The van der Waals surface area contributed by atoms with Gasteiger partial charge in [0, 0.05) is 18.3 Å². The van der Waals surface area contributed by atoms with Crippen molar-refractivity contribution in [1.82, 2.24) is 9.97 Å². The minimum Gasteiger partial charge on any atom is -0.364 e. The van der Waals surface area contributed by atoms with Gasteiger partial charge < -0.3 is 11.1 Å². The predicted molar refractivity (Wildman–Crippen MR) is 60.7 cm³/mol. The van der Waals surface area contributed by atoms with Gasteiger partial charge in [0.15, 0.2) is 0 Å². The third kappa shape index (κ3) is 2.26. The Morgan fingerprint density at radius 3 is 2.87 bits per heavy atom. The molecule has 2 atom stereocenters. The van der Waals surface area contributed by atoms with Crippen LogP contribution in [0, 0.1) is 13.8 Å². The van der Waals surface area contributed by atoms with Crippen LogP contribution in [-0.4, -0.2) is 22.1 Å². The molecule has 1 aliphatic rings. The molecule has 4 nitrogen and oxygen atoms in total. The molecule has 2 rings (SSSR count). The van der Waals surface area contributed by atoms with E-state index in [0.29, 0.717) is 6.04 Å². The van der Waals surface area contributed by atoms with Crippen molar-refractivity contribution in [2.45, 2.75) is 45.2 Å². The summed E-state index contributed by atoms with van der Waals surface area (Å²) in [4.78, 5) is 8.72. The van der Waals surface area contributed by atoms with Crippen LogP contribution >= 0.6 is 0 Å². The molecule has 0 saturated heterocycles. The largest absolute Gasteiger partial charge is 0.364 e. The Morgan fingerprint density at radius 1 is 1.40 bits per heavy atom. The molecule has 0 aromatic carbocycles. The summed E-state index contributed by atoms with van der Waals surface area (Å²) >= 11 is 0. The van der Waals surface area contributed by atoms with Crippen LogP contribution in [0.5, 0.6) is 0 Å². The number of hydrogen-bond acceptors (Lipinski definition) is 4. The van der Waals surface area contributed by atoms with E-state index < -0.39 is 0 Å². The summed E-state index contributed by atoms with van der Waals surface area (Å²) < 4.78 is 0. The van der Waals surface area contributed by atoms with Crippen LogP contribution in [0.3, 0.4) is 0 Å². The molecule has 1 aliphatic carbocycles. The van der Waals surface area contributed by atoms with Gasteiger partial charge >= 0.3 is 0 Å². The molecule has 0 radical (unpaired) electrons. The average Bonchev–Trinajstić information content (AvgIpc) is 2.58. The highest BCUT2D eigenvalue weighted by molar-refractivity contribution is 5.41. The molecular weight excluding hydrogens is 188 g/mol. The third-order valence-corrected chi connectivity index (χ3v) is 2.97. The second kappa shape index (κ2) is 4.14. The summed E-state index contributed by atoms with van der Waals surface area (Å²) in [6.07, 6.45) is 5.23. The summed E-state index contributed by atoms with van der Waals surface area (Å²) in [5.41, 5.74) is 7.89. The molecule has 3 N–H and O–H groups in total. The van der Waals surface area contributed by atoms with E-state index in [1.54, 1.807) is 6.20 Å². The van der Waals surface area contributed by atoms with Crippen LogP contribution in [0.1, 0.15) is 30.7 Å². The van der Waals surface area contributed by atoms with Gasteiger partial charge in [-0.1, -0.05) is 0 Å². The first kappa shape index (κ1) is 10.4. The van der Waals surface area contributed by atoms with E-state index in [-0.39, 0.29) is 6.04 Å². The number of aromatic nitrogens is 2. The Labute approximate surface area is 90.3 Å². The zero-order valence-electron chi connectivity index (χ0n) is 9.33. The van der Waals surface area contributed by atoms with Gasteiger partial charge in [0.1, 0.15) is 5.82 Å². The second-order valence-electron chi connectivity index (χ2n) is 4.29. The Hall–Kier alpha value is -1.16. The van der Waals surface area contributed by atoms with Crippen LogP contribution in [0.2, 0.25) is 0 Å². The fourth-order valence-electron chi connectivity index (χ4n) is 2.02. The van der Waals surface area contributed by atoms with Crippen molar-refractivity contribution in [3.63, 3.8) is 0 Å².